The van der Waals surface area contributed by atoms with Crippen LogP contribution in [0, 0.1) is 11.8 Å². The summed E-state index contributed by atoms with van der Waals surface area (Å²) in [7, 11) is -3.41. The summed E-state index contributed by atoms with van der Waals surface area (Å²) in [6.45, 7) is 4.50. The summed E-state index contributed by atoms with van der Waals surface area (Å²) in [6.07, 6.45) is 6.58. The van der Waals surface area contributed by atoms with E-state index in [1.165, 1.54) is 22.6 Å². The molecule has 1 heterocycles. The Morgan fingerprint density at radius 1 is 0.935 bits per heavy atom. The molecule has 3 rings (SSSR count). The van der Waals surface area contributed by atoms with Gasteiger partial charge in [-0.2, -0.15) is 4.31 Å². The largest absolute Gasteiger partial charge is 0.369 e. The maximum atomic E-state index is 12.6. The Bertz CT molecular complexity index is 1010. The number of benzene rings is 2. The lowest BCUT2D eigenvalue weighted by molar-refractivity contribution is 0.390. The molecule has 5 heteroatoms. The predicted octanol–water partition coefficient (Wildman–Crippen LogP) is 4.83. The minimum absolute atomic E-state index is 0.486. The number of unbranched alkanes of at least 4 members (excludes halogenated alkanes) is 3. The van der Waals surface area contributed by atoms with Gasteiger partial charge in [0, 0.05) is 44.4 Å². The molecule has 0 spiro atoms. The molecule has 0 N–H and O–H groups in total. The molecule has 1 aliphatic heterocycles. The molecule has 0 radical (unpaired) electrons. The van der Waals surface area contributed by atoms with E-state index in [-0.39, 0.29) is 0 Å². The molecular formula is C26H32N2O2S. The third-order valence-corrected chi connectivity index (χ3v) is 7.02. The Labute approximate surface area is 187 Å². The molecule has 31 heavy (non-hydrogen) atoms. The molecule has 2 aromatic rings. The number of allylic oxidation sites excluding steroid dienone is 1. The molecule has 0 aliphatic carbocycles. The van der Waals surface area contributed by atoms with E-state index < -0.39 is 10.0 Å². The zero-order chi connectivity index (χ0) is 21.9. The maximum absolute atomic E-state index is 12.6. The van der Waals surface area contributed by atoms with Crippen LogP contribution in [0.1, 0.15) is 43.7 Å². The van der Waals surface area contributed by atoms with E-state index in [1.54, 1.807) is 4.31 Å². The number of anilines is 1. The Balaban J connectivity index is 1.53. The second-order valence-corrected chi connectivity index (χ2v) is 9.66. The van der Waals surface area contributed by atoms with E-state index in [0.29, 0.717) is 26.2 Å². The highest BCUT2D eigenvalue weighted by Crippen LogP contribution is 2.21. The van der Waals surface area contributed by atoms with Crippen LogP contribution < -0.4 is 4.90 Å². The minimum Gasteiger partial charge on any atom is -0.369 e. The Hall–Kier alpha value is -2.55. The molecule has 1 aliphatic rings. The predicted molar refractivity (Wildman–Crippen MR) is 129 cm³/mol. The first-order valence-electron chi connectivity index (χ1n) is 11.1. The van der Waals surface area contributed by atoms with Gasteiger partial charge in [0.2, 0.25) is 10.0 Å². The zero-order valence-corrected chi connectivity index (χ0v) is 19.2. The third kappa shape index (κ3) is 7.27. The summed E-state index contributed by atoms with van der Waals surface area (Å²) in [6, 6.07) is 19.0. The van der Waals surface area contributed by atoms with E-state index in [1.807, 2.05) is 6.07 Å². The minimum atomic E-state index is -3.41. The van der Waals surface area contributed by atoms with Crippen LogP contribution in [0.3, 0.4) is 0 Å². The molecule has 1 saturated heterocycles. The van der Waals surface area contributed by atoms with Crippen molar-refractivity contribution in [3.8, 4) is 11.8 Å². The molecule has 1 fully saturated rings. The van der Waals surface area contributed by atoms with Crippen LogP contribution in [0.25, 0.3) is 0 Å². The van der Waals surface area contributed by atoms with Gasteiger partial charge in [-0.1, -0.05) is 74.1 Å². The highest BCUT2D eigenvalue weighted by molar-refractivity contribution is 7.92. The molecule has 0 unspecified atom stereocenters. The standard InChI is InChI=1S/C26H32N2O2S/c1-2-3-4-5-6-7-11-21-31(29,30)28-19-17-27(18-20-28)26-16-12-15-25(23-26)22-24-13-9-8-10-14-24/h8-16,21,23H,2-5,17-20,22H2,1H3/b21-11+. The molecular weight excluding hydrogens is 404 g/mol. The normalized spacial score (nSPS) is 15.1. The highest BCUT2D eigenvalue weighted by Gasteiger charge is 2.25. The molecule has 4 nitrogen and oxygen atoms in total. The van der Waals surface area contributed by atoms with E-state index in [9.17, 15) is 8.42 Å². The average Bonchev–Trinajstić information content (AvgIpc) is 2.79. The second kappa shape index (κ2) is 11.7. The SMILES string of the molecule is CCCCCC#C/C=C/S(=O)(=O)N1CCN(c2cccc(Cc3ccccc3)c2)CC1. The van der Waals surface area contributed by atoms with Crippen LogP contribution in [-0.2, 0) is 16.4 Å². The summed E-state index contributed by atoms with van der Waals surface area (Å²) in [5, 5.41) is 1.25. The average molecular weight is 437 g/mol. The fourth-order valence-corrected chi connectivity index (χ4v) is 4.78. The van der Waals surface area contributed by atoms with Crippen molar-refractivity contribution in [1.29, 1.82) is 0 Å². The fourth-order valence-electron chi connectivity index (χ4n) is 3.70. The van der Waals surface area contributed by atoms with Crippen molar-refractivity contribution in [2.45, 2.75) is 39.0 Å². The first-order valence-corrected chi connectivity index (χ1v) is 12.6. The summed E-state index contributed by atoms with van der Waals surface area (Å²) < 4.78 is 26.7. The Morgan fingerprint density at radius 3 is 2.42 bits per heavy atom. The summed E-state index contributed by atoms with van der Waals surface area (Å²) >= 11 is 0. The van der Waals surface area contributed by atoms with Gasteiger partial charge in [-0.15, -0.1) is 0 Å². The number of piperazine rings is 1. The van der Waals surface area contributed by atoms with E-state index in [0.717, 1.165) is 37.8 Å². The molecule has 0 bridgehead atoms. The van der Waals surface area contributed by atoms with Gasteiger partial charge in [0.25, 0.3) is 0 Å². The number of hydrogen-bond donors (Lipinski definition) is 0. The van der Waals surface area contributed by atoms with Crippen molar-refractivity contribution in [1.82, 2.24) is 4.31 Å². The molecule has 0 amide bonds. The van der Waals surface area contributed by atoms with Crippen molar-refractivity contribution >= 4 is 15.7 Å². The highest BCUT2D eigenvalue weighted by atomic mass is 32.2. The summed E-state index contributed by atoms with van der Waals surface area (Å²) in [5.41, 5.74) is 3.70. The topological polar surface area (TPSA) is 40.6 Å². The first-order chi connectivity index (χ1) is 15.1. The van der Waals surface area contributed by atoms with Crippen LogP contribution >= 0.6 is 0 Å². The van der Waals surface area contributed by atoms with E-state index in [2.05, 4.69) is 72.2 Å². The summed E-state index contributed by atoms with van der Waals surface area (Å²) in [4.78, 5) is 2.26. The van der Waals surface area contributed by atoms with Crippen molar-refractivity contribution in [2.24, 2.45) is 0 Å². The van der Waals surface area contributed by atoms with E-state index in [4.69, 9.17) is 0 Å². The van der Waals surface area contributed by atoms with Crippen molar-refractivity contribution in [3.05, 3.63) is 77.2 Å². The van der Waals surface area contributed by atoms with Gasteiger partial charge in [0.15, 0.2) is 0 Å². The van der Waals surface area contributed by atoms with Crippen LogP contribution in [0.4, 0.5) is 5.69 Å². The maximum Gasteiger partial charge on any atom is 0.236 e. The molecule has 164 valence electrons. The van der Waals surface area contributed by atoms with Crippen LogP contribution in [0.2, 0.25) is 0 Å². The van der Waals surface area contributed by atoms with Gasteiger partial charge in [-0.3, -0.25) is 0 Å². The Kier molecular flexibility index (Phi) is 8.75. The second-order valence-electron chi connectivity index (χ2n) is 7.84. The fraction of sp³-hybridized carbons (Fsp3) is 0.385. The summed E-state index contributed by atoms with van der Waals surface area (Å²) in [5.74, 6) is 5.87. The van der Waals surface area contributed by atoms with Crippen molar-refractivity contribution < 1.29 is 8.42 Å². The molecule has 0 saturated carbocycles. The van der Waals surface area contributed by atoms with Gasteiger partial charge < -0.3 is 4.90 Å². The number of nitrogens with zero attached hydrogens (tertiary/aromatic N) is 2. The van der Waals surface area contributed by atoms with Crippen LogP contribution in [-0.4, -0.2) is 38.9 Å². The monoisotopic (exact) mass is 436 g/mol. The molecule has 0 aromatic heterocycles. The zero-order valence-electron chi connectivity index (χ0n) is 18.3. The lowest BCUT2D eigenvalue weighted by atomic mass is 10.0. The van der Waals surface area contributed by atoms with E-state index >= 15 is 0 Å². The van der Waals surface area contributed by atoms with Crippen LogP contribution in [0.15, 0.2) is 66.1 Å². The van der Waals surface area contributed by atoms with Crippen molar-refractivity contribution in [3.63, 3.8) is 0 Å². The lowest BCUT2D eigenvalue weighted by Gasteiger charge is -2.35. The Morgan fingerprint density at radius 2 is 1.68 bits per heavy atom. The van der Waals surface area contributed by atoms with Gasteiger partial charge in [0.1, 0.15) is 0 Å². The quantitative estimate of drug-likeness (QED) is 0.440. The molecule has 2 aromatic carbocycles. The first kappa shape index (κ1) is 23.1. The van der Waals surface area contributed by atoms with Gasteiger partial charge in [-0.05, 0) is 36.1 Å². The van der Waals surface area contributed by atoms with Crippen LogP contribution in [0.5, 0.6) is 0 Å². The molecule has 0 atom stereocenters. The van der Waals surface area contributed by atoms with Crippen molar-refractivity contribution in [2.75, 3.05) is 31.1 Å². The lowest BCUT2D eigenvalue weighted by Crippen LogP contribution is -2.48. The number of hydrogen-bond acceptors (Lipinski definition) is 3. The van der Waals surface area contributed by atoms with Gasteiger partial charge >= 0.3 is 0 Å². The third-order valence-electron chi connectivity index (χ3n) is 5.46. The number of sulfonamides is 1. The smallest absolute Gasteiger partial charge is 0.236 e. The van der Waals surface area contributed by atoms with Gasteiger partial charge in [0.05, 0.1) is 5.41 Å². The van der Waals surface area contributed by atoms with Gasteiger partial charge in [-0.25, -0.2) is 8.42 Å². The number of rotatable bonds is 8.